The van der Waals surface area contributed by atoms with Crippen molar-refractivity contribution in [3.05, 3.63) is 82.0 Å². The molecule has 0 spiro atoms. The second-order valence-corrected chi connectivity index (χ2v) is 10.7. The molecule has 0 unspecified atom stereocenters. The van der Waals surface area contributed by atoms with Crippen molar-refractivity contribution in [3.63, 3.8) is 0 Å². The monoisotopic (exact) mass is 708 g/mol. The van der Waals surface area contributed by atoms with Gasteiger partial charge in [0.05, 0.1) is 33.9 Å². The van der Waals surface area contributed by atoms with E-state index in [9.17, 15) is 14.4 Å². The Bertz CT molecular complexity index is 1290. The fourth-order valence-corrected chi connectivity index (χ4v) is 4.12. The molecule has 45 heavy (non-hydrogen) atoms. The quantitative estimate of drug-likeness (QED) is 0.204. The maximum absolute atomic E-state index is 11.9. The SMILES string of the molecule is CC(=O)CN.CCOC(=O)CN(Cc1ccc(OC)cc1)Cc1cc(Br)cnc1N.COc1ccc(CCCC(C)=O)cc1.Cl. The molecule has 3 aromatic rings. The lowest BCUT2D eigenvalue weighted by Gasteiger charge is -2.22. The van der Waals surface area contributed by atoms with Gasteiger partial charge in [-0.3, -0.25) is 14.5 Å². The number of aromatic nitrogens is 1. The number of ether oxygens (including phenoxy) is 3. The summed E-state index contributed by atoms with van der Waals surface area (Å²) in [6.07, 6.45) is 4.22. The number of rotatable bonds is 14. The van der Waals surface area contributed by atoms with Crippen molar-refractivity contribution in [2.75, 3.05) is 39.6 Å². The molecule has 0 radical (unpaired) electrons. The normalized spacial score (nSPS) is 9.87. The lowest BCUT2D eigenvalue weighted by atomic mass is 10.1. The van der Waals surface area contributed by atoms with Gasteiger partial charge in [0.15, 0.2) is 0 Å². The van der Waals surface area contributed by atoms with E-state index in [4.69, 9.17) is 25.7 Å². The summed E-state index contributed by atoms with van der Waals surface area (Å²) in [7, 11) is 3.29. The number of aryl methyl sites for hydroxylation is 1. The molecule has 10 nitrogen and oxygen atoms in total. The van der Waals surface area contributed by atoms with Gasteiger partial charge in [-0.1, -0.05) is 24.3 Å². The van der Waals surface area contributed by atoms with E-state index in [1.807, 2.05) is 59.5 Å². The summed E-state index contributed by atoms with van der Waals surface area (Å²) in [5, 5.41) is 0. The predicted octanol–water partition coefficient (Wildman–Crippen LogP) is 5.56. The van der Waals surface area contributed by atoms with Crippen LogP contribution in [-0.2, 0) is 38.6 Å². The topological polar surface area (TPSA) is 147 Å². The third-order valence-electron chi connectivity index (χ3n) is 6.03. The Hall–Kier alpha value is -3.51. The maximum Gasteiger partial charge on any atom is 0.320 e. The zero-order chi connectivity index (χ0) is 32.9. The number of anilines is 1. The Morgan fingerprint density at radius 1 is 0.889 bits per heavy atom. The first kappa shape index (κ1) is 41.5. The fraction of sp³-hybridized carbons (Fsp3) is 0.394. The number of nitrogens with zero attached hydrogens (tertiary/aromatic N) is 2. The van der Waals surface area contributed by atoms with Crippen LogP contribution in [0.4, 0.5) is 5.82 Å². The predicted molar refractivity (Wildman–Crippen MR) is 184 cm³/mol. The number of carbonyl (C=O) groups excluding carboxylic acids is 3. The van der Waals surface area contributed by atoms with E-state index in [-0.39, 0.29) is 43.0 Å². The van der Waals surface area contributed by atoms with Crippen molar-refractivity contribution in [2.24, 2.45) is 5.73 Å². The molecule has 0 atom stereocenters. The Labute approximate surface area is 281 Å². The molecule has 0 aliphatic heterocycles. The molecular weight excluding hydrogens is 664 g/mol. The van der Waals surface area contributed by atoms with E-state index >= 15 is 0 Å². The van der Waals surface area contributed by atoms with Crippen LogP contribution in [0.3, 0.4) is 0 Å². The fourth-order valence-electron chi connectivity index (χ4n) is 3.74. The summed E-state index contributed by atoms with van der Waals surface area (Å²) < 4.78 is 16.2. The smallest absolute Gasteiger partial charge is 0.320 e. The van der Waals surface area contributed by atoms with E-state index in [1.165, 1.54) is 12.5 Å². The van der Waals surface area contributed by atoms with Crippen molar-refractivity contribution < 1.29 is 28.6 Å². The van der Waals surface area contributed by atoms with E-state index in [2.05, 4.69) is 20.9 Å². The Morgan fingerprint density at radius 3 is 1.89 bits per heavy atom. The highest BCUT2D eigenvalue weighted by molar-refractivity contribution is 9.10. The van der Waals surface area contributed by atoms with Crippen LogP contribution >= 0.6 is 28.3 Å². The minimum absolute atomic E-state index is 0. The van der Waals surface area contributed by atoms with E-state index in [1.54, 1.807) is 34.3 Å². The van der Waals surface area contributed by atoms with Crippen LogP contribution in [0.5, 0.6) is 11.5 Å². The molecule has 0 amide bonds. The minimum atomic E-state index is -0.266. The molecule has 0 fully saturated rings. The lowest BCUT2D eigenvalue weighted by Crippen LogP contribution is -2.30. The average molecular weight is 710 g/mol. The highest BCUT2D eigenvalue weighted by Crippen LogP contribution is 2.20. The molecule has 1 aromatic heterocycles. The van der Waals surface area contributed by atoms with Crippen LogP contribution in [0.25, 0.3) is 0 Å². The van der Waals surface area contributed by atoms with Gasteiger partial charge in [0.2, 0.25) is 0 Å². The molecule has 4 N–H and O–H groups in total. The number of nitrogens with two attached hydrogens (primary N) is 2. The standard InChI is InChI=1S/C18H22BrN3O3.C12H16O2.C3H7NO.ClH/c1-3-25-17(23)12-22(10-13-4-6-16(24-2)7-5-13)11-14-8-15(19)9-21-18(14)20;1-10(13)4-3-5-11-6-8-12(14-2)9-7-11;1-3(5)2-4;/h4-9H,3,10-12H2,1-2H3,(H2,20,21);6-9H,3-5H2,1-2H3;2,4H2,1H3;1H. The Morgan fingerprint density at radius 2 is 1.42 bits per heavy atom. The number of nitrogen functional groups attached to an aromatic ring is 1. The van der Waals surface area contributed by atoms with Gasteiger partial charge in [0.25, 0.3) is 0 Å². The zero-order valence-corrected chi connectivity index (χ0v) is 29.1. The Balaban J connectivity index is 0.000000815. The van der Waals surface area contributed by atoms with Crippen LogP contribution in [0.15, 0.2) is 65.3 Å². The number of pyridine rings is 1. The molecular formula is C33H46BrClN4O6. The minimum Gasteiger partial charge on any atom is -0.497 e. The third kappa shape index (κ3) is 18.8. The number of esters is 1. The molecule has 12 heteroatoms. The maximum atomic E-state index is 11.9. The molecule has 0 aliphatic rings. The lowest BCUT2D eigenvalue weighted by molar-refractivity contribution is -0.144. The summed E-state index contributed by atoms with van der Waals surface area (Å²) in [5.74, 6) is 2.15. The second kappa shape index (κ2) is 23.8. The van der Waals surface area contributed by atoms with E-state index in [0.717, 1.165) is 39.9 Å². The summed E-state index contributed by atoms with van der Waals surface area (Å²) >= 11 is 3.40. The summed E-state index contributed by atoms with van der Waals surface area (Å²) in [6.45, 7) is 6.65. The van der Waals surface area contributed by atoms with Crippen molar-refractivity contribution in [1.29, 1.82) is 0 Å². The molecule has 0 bridgehead atoms. The van der Waals surface area contributed by atoms with Gasteiger partial charge in [0.1, 0.15) is 28.9 Å². The van der Waals surface area contributed by atoms with E-state index < -0.39 is 0 Å². The molecule has 248 valence electrons. The van der Waals surface area contributed by atoms with Crippen molar-refractivity contribution >= 4 is 51.7 Å². The van der Waals surface area contributed by atoms with Crippen molar-refractivity contribution in [1.82, 2.24) is 9.88 Å². The van der Waals surface area contributed by atoms with Gasteiger partial charge in [-0.2, -0.15) is 0 Å². The largest absolute Gasteiger partial charge is 0.497 e. The van der Waals surface area contributed by atoms with E-state index in [0.29, 0.717) is 31.9 Å². The summed E-state index contributed by atoms with van der Waals surface area (Å²) in [4.78, 5) is 38.5. The first-order valence-electron chi connectivity index (χ1n) is 14.2. The summed E-state index contributed by atoms with van der Waals surface area (Å²) in [6, 6.07) is 17.6. The molecule has 0 saturated carbocycles. The molecule has 1 heterocycles. The van der Waals surface area contributed by atoms with Gasteiger partial charge < -0.3 is 30.5 Å². The number of halogens is 2. The number of carbonyl (C=O) groups is 3. The highest BCUT2D eigenvalue weighted by atomic mass is 79.9. The third-order valence-corrected chi connectivity index (χ3v) is 6.46. The number of ketones is 2. The van der Waals surface area contributed by atoms with Crippen LogP contribution in [0.2, 0.25) is 0 Å². The number of Topliss-reactive ketones (excluding diaryl/α,β-unsaturated/α-hetero) is 2. The van der Waals surface area contributed by atoms with Crippen LogP contribution < -0.4 is 20.9 Å². The Kier molecular flexibility index (Phi) is 22.0. The van der Waals surface area contributed by atoms with Crippen LogP contribution in [0, 0.1) is 0 Å². The number of benzene rings is 2. The van der Waals surface area contributed by atoms with Gasteiger partial charge in [-0.25, -0.2) is 4.98 Å². The first-order valence-corrected chi connectivity index (χ1v) is 15.0. The van der Waals surface area contributed by atoms with Crippen molar-refractivity contribution in [3.8, 4) is 11.5 Å². The summed E-state index contributed by atoms with van der Waals surface area (Å²) in [5.41, 5.74) is 14.0. The van der Waals surface area contributed by atoms with Crippen LogP contribution in [-0.4, -0.2) is 61.3 Å². The molecule has 2 aromatic carbocycles. The number of hydrogen-bond acceptors (Lipinski definition) is 10. The van der Waals surface area contributed by atoms with Crippen molar-refractivity contribution in [2.45, 2.75) is 53.1 Å². The van der Waals surface area contributed by atoms with Gasteiger partial charge >= 0.3 is 5.97 Å². The molecule has 0 saturated heterocycles. The first-order chi connectivity index (χ1) is 21.0. The highest BCUT2D eigenvalue weighted by Gasteiger charge is 2.15. The number of hydrogen-bond donors (Lipinski definition) is 2. The molecule has 0 aliphatic carbocycles. The zero-order valence-electron chi connectivity index (χ0n) is 26.7. The second-order valence-electron chi connectivity index (χ2n) is 9.81. The van der Waals surface area contributed by atoms with Crippen LogP contribution in [0.1, 0.15) is 50.3 Å². The van der Waals surface area contributed by atoms with Gasteiger partial charge in [0, 0.05) is 35.7 Å². The molecule has 3 rings (SSSR count). The average Bonchev–Trinajstić information content (AvgIpc) is 3.00. The van der Waals surface area contributed by atoms with Gasteiger partial charge in [-0.05, 0) is 91.0 Å². The number of methoxy groups -OCH3 is 2. The van der Waals surface area contributed by atoms with Gasteiger partial charge in [-0.15, -0.1) is 12.4 Å².